The minimum Gasteiger partial charge on any atom is -0.311 e. The first-order valence-corrected chi connectivity index (χ1v) is 32.0. The fourth-order valence-electron chi connectivity index (χ4n) is 13.9. The smallest absolute Gasteiger partial charge is 0.0714 e. The maximum absolute atomic E-state index is 5.24. The van der Waals surface area contributed by atoms with E-state index in [9.17, 15) is 0 Å². The third-order valence-electron chi connectivity index (χ3n) is 18.9. The van der Waals surface area contributed by atoms with Crippen LogP contribution >= 0.6 is 0 Å². The molecule has 1 aliphatic rings. The number of fused-ring (bicyclic) bond motifs is 5. The van der Waals surface area contributed by atoms with Gasteiger partial charge in [0.15, 0.2) is 0 Å². The lowest BCUT2D eigenvalue weighted by Gasteiger charge is -2.37. The van der Waals surface area contributed by atoms with E-state index in [-0.39, 0.29) is 5.92 Å². The van der Waals surface area contributed by atoms with Crippen LogP contribution in [0.15, 0.2) is 310 Å². The highest BCUT2D eigenvalue weighted by molar-refractivity contribution is 6.10. The molecule has 0 N–H and O–H groups in total. The normalized spacial score (nSPS) is 13.5. The molecule has 0 aliphatic heterocycles. The Morgan fingerprint density at radius 2 is 0.565 bits per heavy atom. The van der Waals surface area contributed by atoms with Crippen LogP contribution in [0.1, 0.15) is 83.8 Å². The Balaban J connectivity index is 0.855. The lowest BCUT2D eigenvalue weighted by atomic mass is 9.64. The highest BCUT2D eigenvalue weighted by Gasteiger charge is 2.49. The molecular weight excluding hydrogens is 1110 g/mol. The van der Waals surface area contributed by atoms with Crippen molar-refractivity contribution in [2.24, 2.45) is 0 Å². The van der Waals surface area contributed by atoms with Gasteiger partial charge < -0.3 is 14.7 Å². The Morgan fingerprint density at radius 1 is 0.283 bits per heavy atom. The predicted octanol–water partition coefficient (Wildman–Crippen LogP) is 24.3. The minimum atomic E-state index is -0.843. The van der Waals surface area contributed by atoms with E-state index in [1.54, 1.807) is 0 Å². The average molecular weight is 1190 g/mol. The van der Waals surface area contributed by atoms with Gasteiger partial charge in [0.1, 0.15) is 0 Å². The largest absolute Gasteiger partial charge is 0.311 e. The van der Waals surface area contributed by atoms with Crippen LogP contribution in [0.4, 0.5) is 51.2 Å². The second kappa shape index (κ2) is 24.4. The fourth-order valence-corrected chi connectivity index (χ4v) is 13.9. The maximum Gasteiger partial charge on any atom is 0.0714 e. The van der Waals surface area contributed by atoms with Crippen LogP contribution in [-0.2, 0) is 5.41 Å². The molecule has 0 amide bonds. The molecule has 2 unspecified atom stereocenters. The number of hydrogen-bond acceptors (Lipinski definition) is 3. The van der Waals surface area contributed by atoms with Gasteiger partial charge in [-0.15, -0.1) is 0 Å². The molecular formula is C89H75N3. The van der Waals surface area contributed by atoms with E-state index in [2.05, 4.69) is 360 Å². The van der Waals surface area contributed by atoms with E-state index in [4.69, 9.17) is 13.2 Å². The first-order chi connectivity index (χ1) is 44.8. The first-order valence-electron chi connectivity index (χ1n) is 32.0. The molecule has 446 valence electrons. The number of nitrogens with zero attached hydrogens (tertiary/aromatic N) is 3. The van der Waals surface area contributed by atoms with E-state index < -0.39 is 5.41 Å². The van der Waals surface area contributed by atoms with Gasteiger partial charge in [-0.25, -0.2) is 0 Å². The lowest BCUT2D eigenvalue weighted by Crippen LogP contribution is -2.28. The Kier molecular flexibility index (Phi) is 15.6. The summed E-state index contributed by atoms with van der Waals surface area (Å²) in [5.41, 5.74) is 30.0. The molecule has 0 fully saturated rings. The number of aryl methyl sites for hydroxylation is 7. The third kappa shape index (κ3) is 10.9. The predicted molar refractivity (Wildman–Crippen MR) is 392 cm³/mol. The molecule has 0 heterocycles. The summed E-state index contributed by atoms with van der Waals surface area (Å²) in [6.45, 7) is 25.5. The Labute approximate surface area is 543 Å². The molecule has 0 bridgehead atoms. The lowest BCUT2D eigenvalue weighted by molar-refractivity contribution is 0.894. The van der Waals surface area contributed by atoms with Gasteiger partial charge in [0.05, 0.1) is 5.41 Å². The quantitative estimate of drug-likeness (QED) is 0.0893. The SMILES string of the molecule is C=C(c1ccc(C(c2ccc(C)cc2)c2ccc(N(c3ccc(C)cc3)c3ccc(C)cc3)cc2)cc1)C1(C(=C)c2ccc(N(c3ccc(C)cc3)c3ccc(N(c4ccc(C)cc4)c4ccc(C)cc4)cc3)cc2)c2cc(C)ccc2-c2c1ccc1ccccc21. The topological polar surface area (TPSA) is 9.72 Å². The van der Waals surface area contributed by atoms with Crippen LogP contribution in [-0.4, -0.2) is 0 Å². The Hall–Kier alpha value is -11.0. The van der Waals surface area contributed by atoms with Gasteiger partial charge in [-0.3, -0.25) is 0 Å². The van der Waals surface area contributed by atoms with Gasteiger partial charge in [0.2, 0.25) is 0 Å². The highest BCUT2D eigenvalue weighted by Crippen LogP contribution is 2.62. The second-order valence-electron chi connectivity index (χ2n) is 25.3. The summed E-state index contributed by atoms with van der Waals surface area (Å²) in [5, 5.41) is 2.42. The molecule has 0 aromatic heterocycles. The van der Waals surface area contributed by atoms with Crippen LogP contribution in [0, 0.1) is 48.5 Å². The van der Waals surface area contributed by atoms with E-state index in [0.29, 0.717) is 0 Å². The molecule has 13 aromatic rings. The van der Waals surface area contributed by atoms with Crippen LogP contribution in [0.5, 0.6) is 0 Å². The van der Waals surface area contributed by atoms with Crippen molar-refractivity contribution in [2.45, 2.75) is 59.8 Å². The minimum absolute atomic E-state index is 0.0343. The summed E-state index contributed by atoms with van der Waals surface area (Å²) in [6.07, 6.45) is 0. The molecule has 2 atom stereocenters. The monoisotopic (exact) mass is 1190 g/mol. The van der Waals surface area contributed by atoms with Crippen molar-refractivity contribution in [1.29, 1.82) is 0 Å². The molecule has 0 radical (unpaired) electrons. The summed E-state index contributed by atoms with van der Waals surface area (Å²) >= 11 is 0. The first kappa shape index (κ1) is 58.7. The van der Waals surface area contributed by atoms with E-state index in [1.807, 2.05) is 0 Å². The third-order valence-corrected chi connectivity index (χ3v) is 18.9. The van der Waals surface area contributed by atoms with E-state index in [1.165, 1.54) is 88.7 Å². The number of anilines is 9. The van der Waals surface area contributed by atoms with Crippen LogP contribution in [0.2, 0.25) is 0 Å². The molecule has 1 aliphatic carbocycles. The second-order valence-corrected chi connectivity index (χ2v) is 25.3. The highest BCUT2D eigenvalue weighted by atomic mass is 15.2. The van der Waals surface area contributed by atoms with Gasteiger partial charge in [0, 0.05) is 57.1 Å². The molecule has 3 nitrogen and oxygen atoms in total. The standard InChI is InChI=1S/C89H75N3/c1-59-14-27-71(28-15-59)87(73-35-50-80(51-36-73)90(74-38-16-60(2)17-39-74)75-40-18-61(3)19-41-75)72-31-29-68(30-32-72)66(8)89(85-57-37-70-12-10-11-13-83(70)88(85)84-56-26-65(7)58-86(84)89)67(9)69-33-48-79(49-34-69)92(78-46-24-64(6)25-47-78)82-54-52-81(53-55-82)91(76-42-20-62(4)21-43-76)77-44-22-63(5)23-45-77/h10-58,87H,8-9H2,1-7H3. The van der Waals surface area contributed by atoms with Crippen LogP contribution < -0.4 is 14.7 Å². The zero-order chi connectivity index (χ0) is 63.2. The molecule has 0 spiro atoms. The van der Waals surface area contributed by atoms with E-state index in [0.717, 1.165) is 73.5 Å². The van der Waals surface area contributed by atoms with Crippen molar-refractivity contribution in [3.8, 4) is 11.1 Å². The number of rotatable bonds is 16. The maximum atomic E-state index is 5.24. The van der Waals surface area contributed by atoms with Gasteiger partial charge in [-0.2, -0.15) is 0 Å². The van der Waals surface area contributed by atoms with Gasteiger partial charge >= 0.3 is 0 Å². The van der Waals surface area contributed by atoms with Gasteiger partial charge in [-0.1, -0.05) is 240 Å². The number of allylic oxidation sites excluding steroid dienone is 2. The molecule has 3 heteroatoms. The zero-order valence-corrected chi connectivity index (χ0v) is 53.6. The number of hydrogen-bond donors (Lipinski definition) is 0. The molecule has 13 aromatic carbocycles. The average Bonchev–Trinajstić information content (AvgIpc) is 1.52. The fraction of sp³-hybridized carbons (Fsp3) is 0.101. The van der Waals surface area contributed by atoms with Crippen molar-refractivity contribution < 1.29 is 0 Å². The molecule has 0 saturated carbocycles. The van der Waals surface area contributed by atoms with E-state index >= 15 is 0 Å². The van der Waals surface area contributed by atoms with Crippen LogP contribution in [0.3, 0.4) is 0 Å². The summed E-state index contributed by atoms with van der Waals surface area (Å²) in [5.74, 6) is -0.0343. The Bertz CT molecular complexity index is 4500. The van der Waals surface area contributed by atoms with Crippen molar-refractivity contribution in [3.63, 3.8) is 0 Å². The summed E-state index contributed by atoms with van der Waals surface area (Å²) < 4.78 is 0. The summed E-state index contributed by atoms with van der Waals surface area (Å²) in [7, 11) is 0. The molecule has 92 heavy (non-hydrogen) atoms. The van der Waals surface area contributed by atoms with Crippen molar-refractivity contribution in [3.05, 3.63) is 388 Å². The summed E-state index contributed by atoms with van der Waals surface area (Å²) in [6, 6.07) is 110. The zero-order valence-electron chi connectivity index (χ0n) is 53.6. The number of benzene rings is 13. The van der Waals surface area contributed by atoms with Crippen LogP contribution in [0.25, 0.3) is 33.0 Å². The Morgan fingerprint density at radius 3 is 0.946 bits per heavy atom. The molecule has 14 rings (SSSR count). The molecule has 0 saturated heterocycles. The van der Waals surface area contributed by atoms with Gasteiger partial charge in [-0.05, 0) is 230 Å². The van der Waals surface area contributed by atoms with Gasteiger partial charge in [0.25, 0.3) is 0 Å². The van der Waals surface area contributed by atoms with Crippen molar-refractivity contribution in [1.82, 2.24) is 0 Å². The summed E-state index contributed by atoms with van der Waals surface area (Å²) in [4.78, 5) is 7.03. The van der Waals surface area contributed by atoms with Crippen molar-refractivity contribution >= 4 is 73.1 Å². The van der Waals surface area contributed by atoms with Crippen molar-refractivity contribution in [2.75, 3.05) is 14.7 Å².